The van der Waals surface area contributed by atoms with Crippen molar-refractivity contribution in [2.24, 2.45) is 7.05 Å². The molecule has 0 radical (unpaired) electrons. The summed E-state index contributed by atoms with van der Waals surface area (Å²) in [4.78, 5) is 28.2. The molecule has 9 nitrogen and oxygen atoms in total. The number of amides is 1. The van der Waals surface area contributed by atoms with Crippen molar-refractivity contribution in [3.05, 3.63) is 33.3 Å². The smallest absolute Gasteiger partial charge is 0.267 e. The number of hydrogen-bond acceptors (Lipinski definition) is 5. The summed E-state index contributed by atoms with van der Waals surface area (Å²) in [6.07, 6.45) is 1.87. The number of carbonyl (C=O) groups is 1. The summed E-state index contributed by atoms with van der Waals surface area (Å²) >= 11 is 0. The number of nitrogens with one attached hydrogen (secondary N) is 2. The van der Waals surface area contributed by atoms with Crippen LogP contribution in [0.5, 0.6) is 0 Å². The SMILES string of the molecule is Cc1[nH][nH]c(=O)c1CC(=O)N1CCC(c2nnc(CN(C)C)n2C)CC1. The van der Waals surface area contributed by atoms with Crippen LogP contribution in [0.25, 0.3) is 0 Å². The predicted octanol–water partition coefficient (Wildman–Crippen LogP) is 0.150. The Morgan fingerprint density at radius 1 is 1.23 bits per heavy atom. The molecule has 0 saturated carbocycles. The fraction of sp³-hybridized carbons (Fsp3) is 0.647. The van der Waals surface area contributed by atoms with Gasteiger partial charge in [-0.1, -0.05) is 0 Å². The lowest BCUT2D eigenvalue weighted by molar-refractivity contribution is -0.131. The predicted molar refractivity (Wildman–Crippen MR) is 96.8 cm³/mol. The van der Waals surface area contributed by atoms with Gasteiger partial charge in [0.15, 0.2) is 0 Å². The second-order valence-electron chi connectivity index (χ2n) is 7.29. The molecule has 3 heterocycles. The molecule has 1 amide bonds. The van der Waals surface area contributed by atoms with Gasteiger partial charge in [0.1, 0.15) is 11.6 Å². The lowest BCUT2D eigenvalue weighted by Crippen LogP contribution is -2.39. The van der Waals surface area contributed by atoms with Crippen molar-refractivity contribution in [3.63, 3.8) is 0 Å². The number of likely N-dealkylation sites (tertiary alicyclic amines) is 1. The van der Waals surface area contributed by atoms with E-state index in [1.54, 1.807) is 6.92 Å². The third-order valence-electron chi connectivity index (χ3n) is 5.09. The van der Waals surface area contributed by atoms with E-state index in [2.05, 4.69) is 29.9 Å². The quantitative estimate of drug-likeness (QED) is 0.789. The van der Waals surface area contributed by atoms with Gasteiger partial charge < -0.3 is 19.5 Å². The summed E-state index contributed by atoms with van der Waals surface area (Å²) < 4.78 is 2.07. The summed E-state index contributed by atoms with van der Waals surface area (Å²) in [6, 6.07) is 0. The largest absolute Gasteiger partial charge is 0.342 e. The first-order valence-electron chi connectivity index (χ1n) is 8.93. The molecule has 26 heavy (non-hydrogen) atoms. The Bertz CT molecular complexity index is 825. The van der Waals surface area contributed by atoms with Gasteiger partial charge >= 0.3 is 0 Å². The van der Waals surface area contributed by atoms with Crippen LogP contribution in [0.15, 0.2) is 4.79 Å². The van der Waals surface area contributed by atoms with Gasteiger partial charge in [-0.3, -0.25) is 14.7 Å². The normalized spacial score (nSPS) is 15.8. The van der Waals surface area contributed by atoms with E-state index in [1.165, 1.54) is 0 Å². The number of carbonyl (C=O) groups excluding carboxylic acids is 1. The van der Waals surface area contributed by atoms with Crippen molar-refractivity contribution in [3.8, 4) is 0 Å². The highest BCUT2D eigenvalue weighted by molar-refractivity contribution is 5.79. The van der Waals surface area contributed by atoms with Crippen molar-refractivity contribution in [2.45, 2.75) is 38.6 Å². The molecule has 2 N–H and O–H groups in total. The highest BCUT2D eigenvalue weighted by Gasteiger charge is 2.28. The molecule has 1 aliphatic heterocycles. The summed E-state index contributed by atoms with van der Waals surface area (Å²) in [6.45, 7) is 3.92. The number of hydrogen-bond donors (Lipinski definition) is 2. The molecule has 1 aliphatic rings. The molecule has 2 aromatic heterocycles. The van der Waals surface area contributed by atoms with Crippen LogP contribution in [0.1, 0.15) is 41.7 Å². The zero-order valence-corrected chi connectivity index (χ0v) is 15.9. The molecular weight excluding hydrogens is 334 g/mol. The van der Waals surface area contributed by atoms with E-state index in [9.17, 15) is 9.59 Å². The number of nitrogens with zero attached hydrogens (tertiary/aromatic N) is 5. The Balaban J connectivity index is 1.60. The first-order valence-corrected chi connectivity index (χ1v) is 8.93. The highest BCUT2D eigenvalue weighted by atomic mass is 16.2. The third kappa shape index (κ3) is 3.72. The van der Waals surface area contributed by atoms with Gasteiger partial charge in [-0.2, -0.15) is 0 Å². The van der Waals surface area contributed by atoms with Crippen molar-refractivity contribution in [1.29, 1.82) is 0 Å². The van der Waals surface area contributed by atoms with Crippen LogP contribution >= 0.6 is 0 Å². The number of rotatable bonds is 5. The molecule has 0 atom stereocenters. The average molecular weight is 361 g/mol. The van der Waals surface area contributed by atoms with Crippen LogP contribution in [-0.2, 0) is 24.8 Å². The topological polar surface area (TPSA) is 103 Å². The molecule has 0 unspecified atom stereocenters. The molecule has 0 spiro atoms. The summed E-state index contributed by atoms with van der Waals surface area (Å²) in [7, 11) is 6.03. The van der Waals surface area contributed by atoms with Crippen LogP contribution in [0.2, 0.25) is 0 Å². The molecule has 1 fully saturated rings. The fourth-order valence-electron chi connectivity index (χ4n) is 3.49. The molecule has 1 saturated heterocycles. The van der Waals surface area contributed by atoms with Gasteiger partial charge in [0.25, 0.3) is 5.56 Å². The Hall–Kier alpha value is -2.42. The van der Waals surface area contributed by atoms with Crippen molar-refractivity contribution in [2.75, 3.05) is 27.2 Å². The van der Waals surface area contributed by atoms with E-state index in [4.69, 9.17) is 0 Å². The summed E-state index contributed by atoms with van der Waals surface area (Å²) in [5.74, 6) is 2.25. The monoisotopic (exact) mass is 361 g/mol. The minimum absolute atomic E-state index is 0.00270. The number of aryl methyl sites for hydroxylation is 1. The van der Waals surface area contributed by atoms with E-state index in [0.29, 0.717) is 24.6 Å². The first kappa shape index (κ1) is 18.4. The molecule has 2 aromatic rings. The lowest BCUT2D eigenvalue weighted by Gasteiger charge is -2.31. The zero-order chi connectivity index (χ0) is 18.8. The van der Waals surface area contributed by atoms with Crippen LogP contribution in [-0.4, -0.2) is 67.9 Å². The summed E-state index contributed by atoms with van der Waals surface area (Å²) in [5.41, 5.74) is 1.04. The molecule has 142 valence electrons. The van der Waals surface area contributed by atoms with Gasteiger partial charge in [0, 0.05) is 37.3 Å². The van der Waals surface area contributed by atoms with Crippen LogP contribution < -0.4 is 5.56 Å². The second-order valence-corrected chi connectivity index (χ2v) is 7.29. The second kappa shape index (κ2) is 7.45. The maximum Gasteiger partial charge on any atom is 0.267 e. The van der Waals surface area contributed by atoms with E-state index in [0.717, 1.165) is 36.7 Å². The van der Waals surface area contributed by atoms with Gasteiger partial charge in [-0.15, -0.1) is 10.2 Å². The van der Waals surface area contributed by atoms with Gasteiger partial charge in [0.2, 0.25) is 5.91 Å². The van der Waals surface area contributed by atoms with E-state index in [1.807, 2.05) is 26.0 Å². The molecule has 0 aliphatic carbocycles. The van der Waals surface area contributed by atoms with Gasteiger partial charge in [-0.25, -0.2) is 0 Å². The van der Waals surface area contributed by atoms with Crippen molar-refractivity contribution < 1.29 is 4.79 Å². The Labute approximate surface area is 152 Å². The molecule has 9 heteroatoms. The van der Waals surface area contributed by atoms with Crippen LogP contribution in [0.3, 0.4) is 0 Å². The maximum atomic E-state index is 12.5. The third-order valence-corrected chi connectivity index (χ3v) is 5.09. The van der Waals surface area contributed by atoms with E-state index >= 15 is 0 Å². The molecule has 0 aromatic carbocycles. The molecule has 3 rings (SSSR count). The number of aromatic amines is 2. The number of piperidine rings is 1. The highest BCUT2D eigenvalue weighted by Crippen LogP contribution is 2.27. The van der Waals surface area contributed by atoms with Crippen molar-refractivity contribution >= 4 is 5.91 Å². The van der Waals surface area contributed by atoms with Gasteiger partial charge in [-0.05, 0) is 33.9 Å². The minimum atomic E-state index is -0.210. The van der Waals surface area contributed by atoms with Crippen LogP contribution in [0, 0.1) is 6.92 Å². The standard InChI is InChI=1S/C17H27N7O2/c1-11-13(17(26)21-18-11)9-15(25)24-7-5-12(6-8-24)16-20-19-14(23(16)4)10-22(2)3/h12H,5-10H2,1-4H3,(H2,18,21,26). The van der Waals surface area contributed by atoms with Gasteiger partial charge in [0.05, 0.1) is 13.0 Å². The molecule has 0 bridgehead atoms. The zero-order valence-electron chi connectivity index (χ0n) is 15.9. The molecular formula is C17H27N7O2. The lowest BCUT2D eigenvalue weighted by atomic mass is 9.95. The average Bonchev–Trinajstić information content (AvgIpc) is 3.12. The Morgan fingerprint density at radius 2 is 1.92 bits per heavy atom. The fourth-order valence-corrected chi connectivity index (χ4v) is 3.49. The Morgan fingerprint density at radius 3 is 2.50 bits per heavy atom. The summed E-state index contributed by atoms with van der Waals surface area (Å²) in [5, 5.41) is 14.0. The van der Waals surface area contributed by atoms with E-state index < -0.39 is 0 Å². The minimum Gasteiger partial charge on any atom is -0.342 e. The Kier molecular flexibility index (Phi) is 5.26. The van der Waals surface area contributed by atoms with Crippen molar-refractivity contribution in [1.82, 2.24) is 34.8 Å². The van der Waals surface area contributed by atoms with Crippen LogP contribution in [0.4, 0.5) is 0 Å². The first-order chi connectivity index (χ1) is 12.4. The maximum absolute atomic E-state index is 12.5. The number of H-pyrrole nitrogens is 2. The van der Waals surface area contributed by atoms with E-state index in [-0.39, 0.29) is 17.9 Å². The number of aromatic nitrogens is 5.